The normalized spacial score (nSPS) is 11.3. The molecule has 5 nitrogen and oxygen atoms in total. The Bertz CT molecular complexity index is 736. The average Bonchev–Trinajstić information content (AvgIpc) is 2.87. The number of carbonyl (C=O) groups excluding carboxylic acids is 2. The fourth-order valence-electron chi connectivity index (χ4n) is 1.93. The molecule has 2 amide bonds. The molecule has 0 aliphatic heterocycles. The number of anilines is 1. The summed E-state index contributed by atoms with van der Waals surface area (Å²) in [5.41, 5.74) is 6.46. The van der Waals surface area contributed by atoms with Gasteiger partial charge in [-0.15, -0.1) is 23.7 Å². The number of hydrogen-bond donors (Lipinski definition) is 3. The van der Waals surface area contributed by atoms with E-state index in [1.807, 2.05) is 6.92 Å². The second-order valence-electron chi connectivity index (χ2n) is 5.20. The van der Waals surface area contributed by atoms with Crippen molar-refractivity contribution in [2.24, 2.45) is 5.73 Å². The van der Waals surface area contributed by atoms with Gasteiger partial charge in [0.15, 0.2) is 0 Å². The maximum Gasteiger partial charge on any atom is 0.261 e. The lowest BCUT2D eigenvalue weighted by molar-refractivity contribution is 0.0944. The molecule has 0 bridgehead atoms. The van der Waals surface area contributed by atoms with E-state index < -0.39 is 11.7 Å². The van der Waals surface area contributed by atoms with Gasteiger partial charge in [-0.1, -0.05) is 6.07 Å². The number of halogens is 2. The summed E-state index contributed by atoms with van der Waals surface area (Å²) in [7, 11) is 0. The Morgan fingerprint density at radius 1 is 1.29 bits per heavy atom. The van der Waals surface area contributed by atoms with Gasteiger partial charge < -0.3 is 16.4 Å². The lowest BCUT2D eigenvalue weighted by Gasteiger charge is -2.10. The van der Waals surface area contributed by atoms with Crippen LogP contribution in [-0.2, 0) is 0 Å². The van der Waals surface area contributed by atoms with Crippen LogP contribution in [0.15, 0.2) is 30.3 Å². The average molecular weight is 372 g/mol. The molecule has 8 heteroatoms. The van der Waals surface area contributed by atoms with Crippen LogP contribution in [0.1, 0.15) is 32.5 Å². The van der Waals surface area contributed by atoms with Crippen molar-refractivity contribution < 1.29 is 14.0 Å². The number of nitrogens with one attached hydrogen (secondary N) is 2. The quantitative estimate of drug-likeness (QED) is 0.755. The minimum Gasteiger partial charge on any atom is -0.348 e. The molecular formula is C16H19ClFN3O2S. The second-order valence-corrected chi connectivity index (χ2v) is 6.25. The summed E-state index contributed by atoms with van der Waals surface area (Å²) in [6.07, 6.45) is 0. The van der Waals surface area contributed by atoms with E-state index in [0.717, 1.165) is 11.6 Å². The zero-order valence-corrected chi connectivity index (χ0v) is 14.9. The third kappa shape index (κ3) is 5.02. The van der Waals surface area contributed by atoms with Crippen molar-refractivity contribution in [1.29, 1.82) is 0 Å². The second kappa shape index (κ2) is 8.77. The molecule has 0 saturated heterocycles. The molecule has 2 rings (SSSR count). The number of nitrogens with two attached hydrogens (primary N) is 1. The number of carbonyl (C=O) groups is 2. The maximum absolute atomic E-state index is 13.2. The Morgan fingerprint density at radius 3 is 2.62 bits per heavy atom. The largest absolute Gasteiger partial charge is 0.348 e. The number of aryl methyl sites for hydroxylation is 1. The van der Waals surface area contributed by atoms with E-state index in [2.05, 4.69) is 10.6 Å². The molecule has 1 atom stereocenters. The third-order valence-corrected chi connectivity index (χ3v) is 4.33. The van der Waals surface area contributed by atoms with Gasteiger partial charge in [-0.2, -0.15) is 0 Å². The van der Waals surface area contributed by atoms with Crippen molar-refractivity contribution in [2.45, 2.75) is 19.9 Å². The monoisotopic (exact) mass is 371 g/mol. The van der Waals surface area contributed by atoms with Crippen LogP contribution in [0, 0.1) is 12.7 Å². The molecule has 130 valence electrons. The Morgan fingerprint density at radius 2 is 2.00 bits per heavy atom. The summed E-state index contributed by atoms with van der Waals surface area (Å²) in [6.45, 7) is 3.95. The first-order valence-electron chi connectivity index (χ1n) is 7.09. The smallest absolute Gasteiger partial charge is 0.261 e. The highest BCUT2D eigenvalue weighted by Crippen LogP contribution is 2.27. The van der Waals surface area contributed by atoms with Crippen molar-refractivity contribution in [2.75, 3.05) is 11.9 Å². The molecule has 2 aromatic rings. The fraction of sp³-hybridized carbons (Fsp3) is 0.250. The summed E-state index contributed by atoms with van der Waals surface area (Å²) in [5.74, 6) is -1.12. The van der Waals surface area contributed by atoms with Crippen LogP contribution < -0.4 is 16.4 Å². The van der Waals surface area contributed by atoms with Crippen LogP contribution in [0.25, 0.3) is 0 Å². The molecule has 0 unspecified atom stereocenters. The molecule has 4 N–H and O–H groups in total. The zero-order chi connectivity index (χ0) is 17.0. The van der Waals surface area contributed by atoms with E-state index in [1.54, 1.807) is 13.0 Å². The highest BCUT2D eigenvalue weighted by Gasteiger charge is 2.17. The first-order valence-corrected chi connectivity index (χ1v) is 7.90. The third-order valence-electron chi connectivity index (χ3n) is 3.18. The van der Waals surface area contributed by atoms with Crippen molar-refractivity contribution in [3.63, 3.8) is 0 Å². The number of thiophene rings is 1. The highest BCUT2D eigenvalue weighted by atomic mass is 35.5. The van der Waals surface area contributed by atoms with Gasteiger partial charge in [0.1, 0.15) is 5.82 Å². The van der Waals surface area contributed by atoms with E-state index in [0.29, 0.717) is 16.4 Å². The Labute approximate surface area is 149 Å². The Balaban J connectivity index is 0.00000288. The summed E-state index contributed by atoms with van der Waals surface area (Å²) < 4.78 is 13.2. The van der Waals surface area contributed by atoms with Gasteiger partial charge in [-0.3, -0.25) is 9.59 Å². The predicted molar refractivity (Wildman–Crippen MR) is 96.6 cm³/mol. The molecule has 1 heterocycles. The first-order chi connectivity index (χ1) is 10.9. The molecule has 1 aromatic carbocycles. The van der Waals surface area contributed by atoms with Gasteiger partial charge in [-0.05, 0) is 43.7 Å². The van der Waals surface area contributed by atoms with E-state index in [9.17, 15) is 14.0 Å². The first kappa shape index (κ1) is 20.1. The van der Waals surface area contributed by atoms with Gasteiger partial charge in [0.2, 0.25) is 0 Å². The van der Waals surface area contributed by atoms with Gasteiger partial charge in [0, 0.05) is 18.2 Å². The molecule has 0 saturated carbocycles. The summed E-state index contributed by atoms with van der Waals surface area (Å²) in [6, 6.07) is 7.00. The predicted octanol–water partition coefficient (Wildman–Crippen LogP) is 2.95. The SMILES string of the molecule is Cc1cc(NC(=O)c2cccc(F)c2)sc1C(=O)N[C@@H](C)CN.Cl. The van der Waals surface area contributed by atoms with Gasteiger partial charge >= 0.3 is 0 Å². The number of hydrogen-bond acceptors (Lipinski definition) is 4. The number of benzene rings is 1. The van der Waals surface area contributed by atoms with Crippen LogP contribution in [-0.4, -0.2) is 24.4 Å². The molecule has 0 spiro atoms. The topological polar surface area (TPSA) is 84.2 Å². The molecule has 0 fully saturated rings. The molecule has 0 radical (unpaired) electrons. The van der Waals surface area contributed by atoms with E-state index in [1.165, 1.54) is 29.5 Å². The maximum atomic E-state index is 13.2. The van der Waals surface area contributed by atoms with Gasteiger partial charge in [0.05, 0.1) is 9.88 Å². The van der Waals surface area contributed by atoms with E-state index in [4.69, 9.17) is 5.73 Å². The molecule has 1 aromatic heterocycles. The minimum absolute atomic E-state index is 0. The summed E-state index contributed by atoms with van der Waals surface area (Å²) in [4.78, 5) is 24.7. The van der Waals surface area contributed by atoms with Gasteiger partial charge in [0.25, 0.3) is 11.8 Å². The van der Waals surface area contributed by atoms with Crippen LogP contribution in [0.3, 0.4) is 0 Å². The zero-order valence-electron chi connectivity index (χ0n) is 13.3. The molecule has 24 heavy (non-hydrogen) atoms. The number of rotatable bonds is 5. The fourth-order valence-corrected chi connectivity index (χ4v) is 2.90. The standard InChI is InChI=1S/C16H18FN3O2S.ClH/c1-9-6-13(23-14(9)16(22)19-10(2)8-18)20-15(21)11-4-3-5-12(17)7-11;/h3-7,10H,8,18H2,1-2H3,(H,19,22)(H,20,21);1H/t10-;/m0./s1. The van der Waals surface area contributed by atoms with Crippen molar-refractivity contribution in [1.82, 2.24) is 5.32 Å². The van der Waals surface area contributed by atoms with Gasteiger partial charge in [-0.25, -0.2) is 4.39 Å². The van der Waals surface area contributed by atoms with Crippen LogP contribution in [0.4, 0.5) is 9.39 Å². The van der Waals surface area contributed by atoms with E-state index in [-0.39, 0.29) is 29.9 Å². The summed E-state index contributed by atoms with van der Waals surface area (Å²) in [5, 5.41) is 5.98. The van der Waals surface area contributed by atoms with Crippen molar-refractivity contribution in [3.8, 4) is 0 Å². The molecule has 0 aliphatic carbocycles. The van der Waals surface area contributed by atoms with Crippen LogP contribution in [0.2, 0.25) is 0 Å². The van der Waals surface area contributed by atoms with Crippen molar-refractivity contribution >= 4 is 40.6 Å². The minimum atomic E-state index is -0.476. The van der Waals surface area contributed by atoms with Crippen LogP contribution in [0.5, 0.6) is 0 Å². The Kier molecular flexibility index (Phi) is 7.34. The Hall–Kier alpha value is -1.96. The van der Waals surface area contributed by atoms with Crippen molar-refractivity contribution in [3.05, 3.63) is 52.2 Å². The molecule has 0 aliphatic rings. The molecular weight excluding hydrogens is 353 g/mol. The lowest BCUT2D eigenvalue weighted by Crippen LogP contribution is -2.37. The van der Waals surface area contributed by atoms with E-state index >= 15 is 0 Å². The number of amides is 2. The lowest BCUT2D eigenvalue weighted by atomic mass is 10.2. The van der Waals surface area contributed by atoms with Crippen LogP contribution >= 0.6 is 23.7 Å². The summed E-state index contributed by atoms with van der Waals surface area (Å²) >= 11 is 1.17. The highest BCUT2D eigenvalue weighted by molar-refractivity contribution is 7.18.